The van der Waals surface area contributed by atoms with Gasteiger partial charge < -0.3 is 14.4 Å². The van der Waals surface area contributed by atoms with Crippen molar-refractivity contribution in [2.75, 3.05) is 19.6 Å². The highest BCUT2D eigenvalue weighted by molar-refractivity contribution is 5.93. The number of aromatic nitrogens is 3. The number of amides is 1. The highest BCUT2D eigenvalue weighted by Gasteiger charge is 2.38. The van der Waals surface area contributed by atoms with Crippen LogP contribution in [0.1, 0.15) is 61.6 Å². The van der Waals surface area contributed by atoms with Gasteiger partial charge in [-0.3, -0.25) is 9.69 Å². The van der Waals surface area contributed by atoms with Crippen molar-refractivity contribution in [3.05, 3.63) is 36.0 Å². The maximum absolute atomic E-state index is 12.4. The lowest BCUT2D eigenvalue weighted by Gasteiger charge is -2.31. The molecule has 9 nitrogen and oxygen atoms in total. The molecule has 2 saturated heterocycles. The van der Waals surface area contributed by atoms with Crippen molar-refractivity contribution in [3.63, 3.8) is 0 Å². The summed E-state index contributed by atoms with van der Waals surface area (Å²) in [7, 11) is 0. The number of carbonyl (C=O) groups excluding carboxylic acids is 1. The van der Waals surface area contributed by atoms with Crippen LogP contribution in [0.3, 0.4) is 0 Å². The first kappa shape index (κ1) is 24.7. The maximum atomic E-state index is 12.4. The molecule has 0 unspecified atom stereocenters. The minimum Gasteiger partial charge on any atom is -0.475 e. The molecule has 33 heavy (non-hydrogen) atoms. The molecule has 2 aliphatic heterocycles. The van der Waals surface area contributed by atoms with Crippen molar-refractivity contribution in [1.29, 1.82) is 0 Å². The Morgan fingerprint density at radius 1 is 1.24 bits per heavy atom. The van der Waals surface area contributed by atoms with E-state index in [9.17, 15) is 18.0 Å². The van der Waals surface area contributed by atoms with Crippen LogP contribution < -0.4 is 0 Å². The normalized spacial score (nSPS) is 19.2. The molecule has 0 atom stereocenters. The number of likely N-dealkylation sites (tertiary alicyclic amines) is 2. The van der Waals surface area contributed by atoms with E-state index in [0.29, 0.717) is 11.6 Å². The van der Waals surface area contributed by atoms with Crippen molar-refractivity contribution < 1.29 is 32.3 Å². The quantitative estimate of drug-likeness (QED) is 0.729. The predicted octanol–water partition coefficient (Wildman–Crippen LogP) is 3.36. The Morgan fingerprint density at radius 3 is 2.42 bits per heavy atom. The number of halogens is 3. The molecule has 1 amide bonds. The van der Waals surface area contributed by atoms with E-state index in [2.05, 4.69) is 35.3 Å². The highest BCUT2D eigenvalue weighted by atomic mass is 19.4. The summed E-state index contributed by atoms with van der Waals surface area (Å²) in [4.78, 5) is 25.7. The van der Waals surface area contributed by atoms with Gasteiger partial charge in [0.15, 0.2) is 0 Å². The number of furan rings is 1. The number of hydrogen-bond donors (Lipinski definition) is 1. The molecule has 0 bridgehead atoms. The monoisotopic (exact) mass is 471 g/mol. The summed E-state index contributed by atoms with van der Waals surface area (Å²) >= 11 is 0. The van der Waals surface area contributed by atoms with Gasteiger partial charge in [0.05, 0.1) is 29.8 Å². The van der Waals surface area contributed by atoms with E-state index in [0.717, 1.165) is 44.7 Å². The number of piperidine rings is 1. The zero-order valence-corrected chi connectivity index (χ0v) is 18.6. The minimum absolute atomic E-state index is 0.0488. The summed E-state index contributed by atoms with van der Waals surface area (Å²) in [6.45, 7) is 8.08. The lowest BCUT2D eigenvalue weighted by atomic mass is 10.0. The molecule has 12 heteroatoms. The fourth-order valence-electron chi connectivity index (χ4n) is 4.12. The Morgan fingerprint density at radius 2 is 1.91 bits per heavy atom. The number of carboxylic acid groups (broad SMARTS) is 1. The van der Waals surface area contributed by atoms with Crippen molar-refractivity contribution in [1.82, 2.24) is 24.8 Å². The Labute approximate surface area is 189 Å². The average molecular weight is 471 g/mol. The molecule has 2 aromatic rings. The van der Waals surface area contributed by atoms with Crippen molar-refractivity contribution in [2.24, 2.45) is 0 Å². The predicted molar refractivity (Wildman–Crippen MR) is 110 cm³/mol. The summed E-state index contributed by atoms with van der Waals surface area (Å²) in [5, 5.41) is 15.9. The maximum Gasteiger partial charge on any atom is 0.490 e. The van der Waals surface area contributed by atoms with Crippen LogP contribution in [0.5, 0.6) is 0 Å². The van der Waals surface area contributed by atoms with E-state index in [-0.39, 0.29) is 11.4 Å². The smallest absolute Gasteiger partial charge is 0.475 e. The number of nitrogens with zero attached hydrogens (tertiary/aromatic N) is 5. The van der Waals surface area contributed by atoms with Crippen LogP contribution >= 0.6 is 0 Å². The van der Waals surface area contributed by atoms with Gasteiger partial charge in [-0.25, -0.2) is 9.48 Å². The fourth-order valence-corrected chi connectivity index (χ4v) is 4.12. The second-order valence-corrected chi connectivity index (χ2v) is 8.87. The zero-order chi connectivity index (χ0) is 24.2. The van der Waals surface area contributed by atoms with Gasteiger partial charge in [0, 0.05) is 25.2 Å². The van der Waals surface area contributed by atoms with Crippen LogP contribution in [-0.2, 0) is 11.3 Å². The molecule has 182 valence electrons. The molecule has 0 aromatic carbocycles. The third kappa shape index (κ3) is 6.34. The molecule has 4 heterocycles. The second-order valence-electron chi connectivity index (χ2n) is 8.87. The number of carbonyl (C=O) groups is 2. The fraction of sp³-hybridized carbons (Fsp3) is 0.619. The largest absolute Gasteiger partial charge is 0.490 e. The van der Waals surface area contributed by atoms with Crippen LogP contribution in [-0.4, -0.2) is 73.1 Å². The van der Waals surface area contributed by atoms with Crippen molar-refractivity contribution in [3.8, 4) is 0 Å². The van der Waals surface area contributed by atoms with Crippen LogP contribution in [0.4, 0.5) is 13.2 Å². The van der Waals surface area contributed by atoms with Gasteiger partial charge in [-0.15, -0.1) is 5.10 Å². The molecule has 2 aliphatic rings. The molecule has 0 radical (unpaired) electrons. The van der Waals surface area contributed by atoms with Gasteiger partial charge in [0.25, 0.3) is 5.91 Å². The SMILES string of the molecule is CC1(C)CCCN1Cc1cn(C2CCN(C(=O)c3ccoc3)CC2)nn1.O=C(O)C(F)(F)F. The summed E-state index contributed by atoms with van der Waals surface area (Å²) in [6, 6.07) is 2.04. The molecule has 0 aliphatic carbocycles. The van der Waals surface area contributed by atoms with Gasteiger partial charge in [-0.05, 0) is 52.1 Å². The number of alkyl halides is 3. The van der Waals surface area contributed by atoms with E-state index in [1.165, 1.54) is 19.1 Å². The molecule has 0 spiro atoms. The van der Waals surface area contributed by atoms with Gasteiger partial charge >= 0.3 is 12.1 Å². The topological polar surface area (TPSA) is 105 Å². The Kier molecular flexibility index (Phi) is 7.45. The first-order valence-corrected chi connectivity index (χ1v) is 10.7. The summed E-state index contributed by atoms with van der Waals surface area (Å²) in [5.74, 6) is -2.71. The number of rotatable bonds is 4. The second kappa shape index (κ2) is 9.94. The first-order valence-electron chi connectivity index (χ1n) is 10.7. The van der Waals surface area contributed by atoms with Gasteiger partial charge in [0.2, 0.25) is 0 Å². The summed E-state index contributed by atoms with van der Waals surface area (Å²) in [5.41, 5.74) is 1.92. The van der Waals surface area contributed by atoms with Crippen molar-refractivity contribution in [2.45, 2.75) is 63.8 Å². The van der Waals surface area contributed by atoms with Crippen LogP contribution in [0.2, 0.25) is 0 Å². The molecule has 4 rings (SSSR count). The standard InChI is InChI=1S/C19H27N5O2.C2HF3O2/c1-19(2)7-3-8-23(19)12-16-13-24(21-20-16)17-4-9-22(10-5-17)18(25)15-6-11-26-14-15;3-2(4,5)1(6)7/h6,11,13-14,17H,3-5,7-10,12H2,1-2H3;(H,6,7). The molecule has 0 saturated carbocycles. The highest BCUT2D eigenvalue weighted by Crippen LogP contribution is 2.30. The van der Waals surface area contributed by atoms with Crippen molar-refractivity contribution >= 4 is 11.9 Å². The Bertz CT molecular complexity index is 934. The first-order chi connectivity index (χ1) is 15.5. The van der Waals surface area contributed by atoms with Crippen LogP contribution in [0.15, 0.2) is 29.2 Å². The van der Waals surface area contributed by atoms with E-state index in [1.807, 2.05) is 9.58 Å². The molecule has 2 fully saturated rings. The van der Waals surface area contributed by atoms with E-state index < -0.39 is 12.1 Å². The average Bonchev–Trinajstić information content (AvgIpc) is 3.50. The van der Waals surface area contributed by atoms with Crippen LogP contribution in [0, 0.1) is 0 Å². The molecule has 2 aromatic heterocycles. The number of hydrogen-bond acceptors (Lipinski definition) is 6. The third-order valence-electron chi connectivity index (χ3n) is 6.12. The van der Waals surface area contributed by atoms with E-state index in [4.69, 9.17) is 14.3 Å². The number of carboxylic acids is 1. The lowest BCUT2D eigenvalue weighted by Crippen LogP contribution is -2.39. The molecular formula is C21H28F3N5O4. The number of aliphatic carboxylic acids is 1. The lowest BCUT2D eigenvalue weighted by molar-refractivity contribution is -0.192. The van der Waals surface area contributed by atoms with E-state index >= 15 is 0 Å². The van der Waals surface area contributed by atoms with E-state index in [1.54, 1.807) is 12.3 Å². The molecular weight excluding hydrogens is 443 g/mol. The van der Waals surface area contributed by atoms with Gasteiger partial charge in [-0.2, -0.15) is 13.2 Å². The third-order valence-corrected chi connectivity index (χ3v) is 6.12. The van der Waals surface area contributed by atoms with Gasteiger partial charge in [0.1, 0.15) is 6.26 Å². The zero-order valence-electron chi connectivity index (χ0n) is 18.6. The summed E-state index contributed by atoms with van der Waals surface area (Å²) in [6.07, 6.45) is 4.36. The summed E-state index contributed by atoms with van der Waals surface area (Å²) < 4.78 is 38.7. The Balaban J connectivity index is 0.000000383. The van der Waals surface area contributed by atoms with Gasteiger partial charge in [-0.1, -0.05) is 5.21 Å². The Hall–Kier alpha value is -2.89. The molecule has 1 N–H and O–H groups in total. The minimum atomic E-state index is -5.08. The van der Waals surface area contributed by atoms with Crippen LogP contribution in [0.25, 0.3) is 0 Å².